The van der Waals surface area contributed by atoms with Crippen molar-refractivity contribution in [1.29, 1.82) is 0 Å². The number of aromatic hydroxyl groups is 1. The highest BCUT2D eigenvalue weighted by atomic mass is 32.1. The summed E-state index contributed by atoms with van der Waals surface area (Å²) < 4.78 is 5.08. The summed E-state index contributed by atoms with van der Waals surface area (Å²) in [4.78, 5) is 5.67. The number of ether oxygens (including phenoxy) is 1. The van der Waals surface area contributed by atoms with Gasteiger partial charge in [0.05, 0.1) is 7.11 Å². The summed E-state index contributed by atoms with van der Waals surface area (Å²) in [6.45, 7) is 3.61. The fraction of sp³-hybridized carbons (Fsp3) is 0.357. The average Bonchev–Trinajstić information content (AvgIpc) is 2.88. The van der Waals surface area contributed by atoms with Gasteiger partial charge in [-0.1, -0.05) is 13.0 Å². The zero-order valence-electron chi connectivity index (χ0n) is 11.1. The van der Waals surface area contributed by atoms with Gasteiger partial charge in [-0.3, -0.25) is 0 Å². The number of hydrogen-bond donors (Lipinski definition) is 2. The number of thiazole rings is 1. The molecule has 0 aliphatic carbocycles. The summed E-state index contributed by atoms with van der Waals surface area (Å²) in [7, 11) is 1.55. The molecule has 0 radical (unpaired) electrons. The number of methoxy groups -OCH3 is 1. The SMILES string of the molecule is CCc1cnc(CNCc2ccc(O)c(OC)c2)s1. The van der Waals surface area contributed by atoms with Gasteiger partial charge < -0.3 is 15.2 Å². The van der Waals surface area contributed by atoms with Crippen LogP contribution in [0.1, 0.15) is 22.4 Å². The number of aromatic nitrogens is 1. The van der Waals surface area contributed by atoms with E-state index in [9.17, 15) is 5.11 Å². The third-order valence-corrected chi connectivity index (χ3v) is 3.94. The largest absolute Gasteiger partial charge is 0.504 e. The molecule has 19 heavy (non-hydrogen) atoms. The lowest BCUT2D eigenvalue weighted by atomic mass is 10.2. The van der Waals surface area contributed by atoms with E-state index >= 15 is 0 Å². The van der Waals surface area contributed by atoms with Crippen LogP contribution >= 0.6 is 11.3 Å². The fourth-order valence-electron chi connectivity index (χ4n) is 1.74. The van der Waals surface area contributed by atoms with Gasteiger partial charge in [-0.15, -0.1) is 11.3 Å². The van der Waals surface area contributed by atoms with E-state index in [1.807, 2.05) is 18.3 Å². The van der Waals surface area contributed by atoms with Crippen molar-refractivity contribution in [2.24, 2.45) is 0 Å². The van der Waals surface area contributed by atoms with E-state index in [0.29, 0.717) is 5.75 Å². The van der Waals surface area contributed by atoms with Crippen molar-refractivity contribution >= 4 is 11.3 Å². The van der Waals surface area contributed by atoms with Gasteiger partial charge in [-0.05, 0) is 24.1 Å². The summed E-state index contributed by atoms with van der Waals surface area (Å²) in [5.41, 5.74) is 1.07. The monoisotopic (exact) mass is 278 g/mol. The number of rotatable bonds is 6. The summed E-state index contributed by atoms with van der Waals surface area (Å²) in [6, 6.07) is 5.36. The number of aryl methyl sites for hydroxylation is 1. The van der Waals surface area contributed by atoms with E-state index in [1.54, 1.807) is 24.5 Å². The van der Waals surface area contributed by atoms with E-state index in [2.05, 4.69) is 17.2 Å². The number of nitrogens with zero attached hydrogens (tertiary/aromatic N) is 1. The molecule has 2 N–H and O–H groups in total. The molecule has 0 saturated heterocycles. The Morgan fingerprint density at radius 1 is 1.37 bits per heavy atom. The maximum Gasteiger partial charge on any atom is 0.160 e. The highest BCUT2D eigenvalue weighted by Gasteiger charge is 2.03. The fourth-order valence-corrected chi connectivity index (χ4v) is 2.57. The Morgan fingerprint density at radius 2 is 2.21 bits per heavy atom. The van der Waals surface area contributed by atoms with Gasteiger partial charge in [0.25, 0.3) is 0 Å². The molecule has 0 bridgehead atoms. The Morgan fingerprint density at radius 3 is 2.89 bits per heavy atom. The van der Waals surface area contributed by atoms with Crippen LogP contribution in [-0.2, 0) is 19.5 Å². The molecule has 0 aliphatic rings. The topological polar surface area (TPSA) is 54.4 Å². The summed E-state index contributed by atoms with van der Waals surface area (Å²) in [6.07, 6.45) is 2.97. The molecule has 5 heteroatoms. The van der Waals surface area contributed by atoms with Crippen molar-refractivity contribution in [1.82, 2.24) is 10.3 Å². The Balaban J connectivity index is 1.88. The molecule has 0 atom stereocenters. The molecule has 1 heterocycles. The van der Waals surface area contributed by atoms with Crippen LogP contribution in [0.5, 0.6) is 11.5 Å². The summed E-state index contributed by atoms with van der Waals surface area (Å²) in [5, 5.41) is 14.0. The van der Waals surface area contributed by atoms with Gasteiger partial charge in [-0.2, -0.15) is 0 Å². The number of benzene rings is 1. The van der Waals surface area contributed by atoms with Crippen molar-refractivity contribution in [3.05, 3.63) is 39.8 Å². The van der Waals surface area contributed by atoms with Crippen LogP contribution in [-0.4, -0.2) is 17.2 Å². The summed E-state index contributed by atoms with van der Waals surface area (Å²) >= 11 is 1.74. The van der Waals surface area contributed by atoms with Crippen LogP contribution < -0.4 is 10.1 Å². The van der Waals surface area contributed by atoms with Gasteiger partial charge in [-0.25, -0.2) is 4.98 Å². The third-order valence-electron chi connectivity index (χ3n) is 2.80. The van der Waals surface area contributed by atoms with Gasteiger partial charge in [0.2, 0.25) is 0 Å². The molecular formula is C14H18N2O2S. The first kappa shape index (κ1) is 13.8. The molecule has 0 fully saturated rings. The summed E-state index contributed by atoms with van der Waals surface area (Å²) in [5.74, 6) is 0.667. The third kappa shape index (κ3) is 3.68. The second-order valence-electron chi connectivity index (χ2n) is 4.18. The lowest BCUT2D eigenvalue weighted by Crippen LogP contribution is -2.12. The number of phenolic OH excluding ortho intramolecular Hbond substituents is 1. The first-order chi connectivity index (χ1) is 9.22. The standard InChI is InChI=1S/C14H18N2O2S/c1-3-11-8-16-14(19-11)9-15-7-10-4-5-12(17)13(6-10)18-2/h4-6,8,15,17H,3,7,9H2,1-2H3. The predicted octanol–water partition coefficient (Wildman–Crippen LogP) is 2.71. The second kappa shape index (κ2) is 6.54. The Bertz CT molecular complexity index is 540. The van der Waals surface area contributed by atoms with Crippen molar-refractivity contribution < 1.29 is 9.84 Å². The van der Waals surface area contributed by atoms with E-state index in [-0.39, 0.29) is 5.75 Å². The first-order valence-corrected chi connectivity index (χ1v) is 7.04. The molecule has 0 saturated carbocycles. The molecule has 0 amide bonds. The molecule has 1 aromatic heterocycles. The minimum absolute atomic E-state index is 0.166. The Kier molecular flexibility index (Phi) is 4.76. The van der Waals surface area contributed by atoms with E-state index in [4.69, 9.17) is 4.74 Å². The average molecular weight is 278 g/mol. The van der Waals surface area contributed by atoms with E-state index in [0.717, 1.165) is 30.1 Å². The number of nitrogens with one attached hydrogen (secondary N) is 1. The molecule has 0 aliphatic heterocycles. The molecule has 102 valence electrons. The molecule has 4 nitrogen and oxygen atoms in total. The molecule has 1 aromatic carbocycles. The minimum atomic E-state index is 0.166. The zero-order valence-corrected chi connectivity index (χ0v) is 12.0. The zero-order chi connectivity index (χ0) is 13.7. The normalized spacial score (nSPS) is 10.6. The molecule has 0 spiro atoms. The van der Waals surface area contributed by atoms with Crippen LogP contribution in [0.3, 0.4) is 0 Å². The highest BCUT2D eigenvalue weighted by molar-refractivity contribution is 7.11. The predicted molar refractivity (Wildman–Crippen MR) is 76.7 cm³/mol. The smallest absolute Gasteiger partial charge is 0.160 e. The quantitative estimate of drug-likeness (QED) is 0.853. The highest BCUT2D eigenvalue weighted by Crippen LogP contribution is 2.26. The molecule has 0 unspecified atom stereocenters. The van der Waals surface area contributed by atoms with Gasteiger partial charge in [0.1, 0.15) is 5.01 Å². The number of phenols is 1. The Hall–Kier alpha value is -1.59. The lowest BCUT2D eigenvalue weighted by molar-refractivity contribution is 0.373. The Labute approximate surface area is 117 Å². The minimum Gasteiger partial charge on any atom is -0.504 e. The van der Waals surface area contributed by atoms with Crippen molar-refractivity contribution in [3.63, 3.8) is 0 Å². The van der Waals surface area contributed by atoms with Crippen LogP contribution in [0.15, 0.2) is 24.4 Å². The second-order valence-corrected chi connectivity index (χ2v) is 5.38. The van der Waals surface area contributed by atoms with Crippen molar-refractivity contribution in [2.45, 2.75) is 26.4 Å². The lowest BCUT2D eigenvalue weighted by Gasteiger charge is -2.07. The van der Waals surface area contributed by atoms with Crippen LogP contribution in [0.25, 0.3) is 0 Å². The van der Waals surface area contributed by atoms with Crippen LogP contribution in [0.2, 0.25) is 0 Å². The molecular weight excluding hydrogens is 260 g/mol. The molecule has 2 aromatic rings. The van der Waals surface area contributed by atoms with Gasteiger partial charge >= 0.3 is 0 Å². The van der Waals surface area contributed by atoms with Gasteiger partial charge in [0, 0.05) is 24.2 Å². The van der Waals surface area contributed by atoms with Crippen molar-refractivity contribution in [2.75, 3.05) is 7.11 Å². The maximum absolute atomic E-state index is 9.51. The first-order valence-electron chi connectivity index (χ1n) is 6.23. The van der Waals surface area contributed by atoms with E-state index < -0.39 is 0 Å². The molecule has 2 rings (SSSR count). The van der Waals surface area contributed by atoms with Crippen LogP contribution in [0, 0.1) is 0 Å². The van der Waals surface area contributed by atoms with Crippen molar-refractivity contribution in [3.8, 4) is 11.5 Å². The van der Waals surface area contributed by atoms with Gasteiger partial charge in [0.15, 0.2) is 11.5 Å². The number of hydrogen-bond acceptors (Lipinski definition) is 5. The van der Waals surface area contributed by atoms with Crippen LogP contribution in [0.4, 0.5) is 0 Å². The van der Waals surface area contributed by atoms with E-state index in [1.165, 1.54) is 4.88 Å². The maximum atomic E-state index is 9.51.